The molecular formula is C13H14N2O3. The Morgan fingerprint density at radius 3 is 2.67 bits per heavy atom. The molecule has 0 spiro atoms. The molecule has 0 bridgehead atoms. The molecule has 1 fully saturated rings. The Kier molecular flexibility index (Phi) is 2.47. The largest absolute Gasteiger partial charge is 0.481 e. The Morgan fingerprint density at radius 2 is 2.00 bits per heavy atom. The minimum atomic E-state index is -0.885. The monoisotopic (exact) mass is 246 g/mol. The summed E-state index contributed by atoms with van der Waals surface area (Å²) in [6, 6.07) is 7.28. The molecule has 0 aromatic heterocycles. The quantitative estimate of drug-likeness (QED) is 0.831. The lowest BCUT2D eigenvalue weighted by Gasteiger charge is -2.17. The van der Waals surface area contributed by atoms with E-state index in [-0.39, 0.29) is 18.6 Å². The second-order valence-corrected chi connectivity index (χ2v) is 4.78. The number of benzene rings is 1. The first-order valence-electron chi connectivity index (χ1n) is 6.06. The second-order valence-electron chi connectivity index (χ2n) is 4.78. The second kappa shape index (κ2) is 4.01. The van der Waals surface area contributed by atoms with Crippen molar-refractivity contribution in [3.63, 3.8) is 0 Å². The molecule has 1 atom stereocenters. The van der Waals surface area contributed by atoms with E-state index in [1.165, 1.54) is 4.90 Å². The fraction of sp³-hybridized carbons (Fsp3) is 0.385. The number of nitrogens with zero attached hydrogens (tertiary/aromatic N) is 1. The van der Waals surface area contributed by atoms with E-state index in [0.29, 0.717) is 5.69 Å². The molecule has 3 rings (SSSR count). The van der Waals surface area contributed by atoms with Crippen molar-refractivity contribution < 1.29 is 14.7 Å². The van der Waals surface area contributed by atoms with Crippen LogP contribution in [0, 0.1) is 0 Å². The molecule has 1 unspecified atom stereocenters. The number of aliphatic carboxylic acids is 1. The summed E-state index contributed by atoms with van der Waals surface area (Å²) in [5, 5.41) is 12.1. The molecule has 5 nitrogen and oxygen atoms in total. The molecule has 2 N–H and O–H groups in total. The standard InChI is InChI=1S/C13H14N2O3/c16-12(17)10-7-15(13(18)14-8-5-6-8)11-4-2-1-3-9(10)11/h1-4,8,10H,5-7H2,(H,14,18)(H,16,17). The molecule has 2 amide bonds. The molecule has 1 aromatic carbocycles. The average molecular weight is 246 g/mol. The van der Waals surface area contributed by atoms with E-state index >= 15 is 0 Å². The van der Waals surface area contributed by atoms with Crippen LogP contribution in [-0.2, 0) is 4.79 Å². The fourth-order valence-electron chi connectivity index (χ4n) is 2.29. The summed E-state index contributed by atoms with van der Waals surface area (Å²) in [4.78, 5) is 24.8. The fourth-order valence-corrected chi connectivity index (χ4v) is 2.29. The molecule has 5 heteroatoms. The molecule has 94 valence electrons. The lowest BCUT2D eigenvalue weighted by Crippen LogP contribution is -2.40. The third-order valence-electron chi connectivity index (χ3n) is 3.42. The molecular weight excluding hydrogens is 232 g/mol. The van der Waals surface area contributed by atoms with Crippen molar-refractivity contribution >= 4 is 17.7 Å². The lowest BCUT2D eigenvalue weighted by molar-refractivity contribution is -0.138. The van der Waals surface area contributed by atoms with Gasteiger partial charge < -0.3 is 10.4 Å². The highest BCUT2D eigenvalue weighted by atomic mass is 16.4. The molecule has 1 aliphatic heterocycles. The van der Waals surface area contributed by atoms with Crippen molar-refractivity contribution in [2.45, 2.75) is 24.8 Å². The van der Waals surface area contributed by atoms with Gasteiger partial charge in [0.25, 0.3) is 0 Å². The predicted octanol–water partition coefficient (Wildman–Crippen LogP) is 1.55. The molecule has 1 heterocycles. The van der Waals surface area contributed by atoms with Crippen LogP contribution in [0.3, 0.4) is 0 Å². The van der Waals surface area contributed by atoms with Crippen LogP contribution in [0.5, 0.6) is 0 Å². The van der Waals surface area contributed by atoms with Crippen LogP contribution in [-0.4, -0.2) is 29.7 Å². The van der Waals surface area contributed by atoms with Crippen molar-refractivity contribution in [3.05, 3.63) is 29.8 Å². The summed E-state index contributed by atoms with van der Waals surface area (Å²) in [5.41, 5.74) is 1.43. The molecule has 0 saturated heterocycles. The molecule has 2 aliphatic rings. The minimum absolute atomic E-state index is 0.186. The normalized spacial score (nSPS) is 21.6. The van der Waals surface area contributed by atoms with Gasteiger partial charge in [0.05, 0.1) is 0 Å². The van der Waals surface area contributed by atoms with Crippen molar-refractivity contribution in [1.29, 1.82) is 0 Å². The van der Waals surface area contributed by atoms with Crippen LogP contribution in [0.4, 0.5) is 10.5 Å². The van der Waals surface area contributed by atoms with Gasteiger partial charge in [-0.15, -0.1) is 0 Å². The molecule has 1 aromatic rings. The number of carboxylic acid groups (broad SMARTS) is 1. The van der Waals surface area contributed by atoms with Gasteiger partial charge in [-0.2, -0.15) is 0 Å². The van der Waals surface area contributed by atoms with Gasteiger partial charge in [0, 0.05) is 18.3 Å². The number of carboxylic acids is 1. The number of amides is 2. The molecule has 18 heavy (non-hydrogen) atoms. The number of para-hydroxylation sites is 1. The number of hydrogen-bond acceptors (Lipinski definition) is 2. The van der Waals surface area contributed by atoms with Gasteiger partial charge in [-0.3, -0.25) is 9.69 Å². The Morgan fingerprint density at radius 1 is 1.28 bits per heavy atom. The van der Waals surface area contributed by atoms with Crippen molar-refractivity contribution in [3.8, 4) is 0 Å². The molecule has 1 saturated carbocycles. The summed E-state index contributed by atoms with van der Waals surface area (Å²) < 4.78 is 0. The Labute approximate surface area is 104 Å². The van der Waals surface area contributed by atoms with Gasteiger partial charge in [-0.1, -0.05) is 18.2 Å². The maximum atomic E-state index is 12.0. The van der Waals surface area contributed by atoms with Crippen molar-refractivity contribution in [2.75, 3.05) is 11.4 Å². The topological polar surface area (TPSA) is 69.6 Å². The number of hydrogen-bond donors (Lipinski definition) is 2. The smallest absolute Gasteiger partial charge is 0.322 e. The van der Waals surface area contributed by atoms with Gasteiger partial charge in [-0.25, -0.2) is 4.79 Å². The highest BCUT2D eigenvalue weighted by molar-refractivity contribution is 5.98. The maximum absolute atomic E-state index is 12.0. The summed E-state index contributed by atoms with van der Waals surface area (Å²) in [5.74, 6) is -1.50. The van der Waals surface area contributed by atoms with E-state index in [1.54, 1.807) is 18.2 Å². The maximum Gasteiger partial charge on any atom is 0.322 e. The SMILES string of the molecule is O=C(O)C1CN(C(=O)NC2CC2)c2ccccc21. The van der Waals surface area contributed by atoms with Gasteiger partial charge in [0.15, 0.2) is 0 Å². The van der Waals surface area contributed by atoms with E-state index in [1.807, 2.05) is 6.07 Å². The molecule has 1 aliphatic carbocycles. The van der Waals surface area contributed by atoms with E-state index in [0.717, 1.165) is 18.4 Å². The van der Waals surface area contributed by atoms with Crippen LogP contribution in [0.1, 0.15) is 24.3 Å². The van der Waals surface area contributed by atoms with Crippen molar-refractivity contribution in [2.24, 2.45) is 0 Å². The summed E-state index contributed by atoms with van der Waals surface area (Å²) >= 11 is 0. The van der Waals surface area contributed by atoms with Gasteiger partial charge in [0.1, 0.15) is 5.92 Å². The number of anilines is 1. The zero-order chi connectivity index (χ0) is 12.7. The van der Waals surface area contributed by atoms with E-state index in [9.17, 15) is 14.7 Å². The number of carbonyl (C=O) groups excluding carboxylic acids is 1. The van der Waals surface area contributed by atoms with E-state index in [4.69, 9.17) is 0 Å². The first-order chi connectivity index (χ1) is 8.66. The van der Waals surface area contributed by atoms with Crippen LogP contribution in [0.15, 0.2) is 24.3 Å². The first-order valence-corrected chi connectivity index (χ1v) is 6.06. The Bertz CT molecular complexity index is 511. The van der Waals surface area contributed by atoms with Crippen LogP contribution >= 0.6 is 0 Å². The minimum Gasteiger partial charge on any atom is -0.481 e. The Hall–Kier alpha value is -2.04. The van der Waals surface area contributed by atoms with Crippen LogP contribution in [0.25, 0.3) is 0 Å². The number of fused-ring (bicyclic) bond motifs is 1. The number of nitrogens with one attached hydrogen (secondary N) is 1. The average Bonchev–Trinajstić information content (AvgIpc) is 3.07. The lowest BCUT2D eigenvalue weighted by atomic mass is 10.0. The summed E-state index contributed by atoms with van der Waals surface area (Å²) in [7, 11) is 0. The number of rotatable bonds is 2. The third-order valence-corrected chi connectivity index (χ3v) is 3.42. The third kappa shape index (κ3) is 1.81. The van der Waals surface area contributed by atoms with Gasteiger partial charge in [0.2, 0.25) is 0 Å². The number of urea groups is 1. The predicted molar refractivity (Wildman–Crippen MR) is 65.7 cm³/mol. The summed E-state index contributed by atoms with van der Waals surface area (Å²) in [6.07, 6.45) is 2.03. The van der Waals surface area contributed by atoms with Crippen molar-refractivity contribution in [1.82, 2.24) is 5.32 Å². The van der Waals surface area contributed by atoms with Gasteiger partial charge in [-0.05, 0) is 24.5 Å². The molecule has 0 radical (unpaired) electrons. The van der Waals surface area contributed by atoms with Gasteiger partial charge >= 0.3 is 12.0 Å². The highest BCUT2D eigenvalue weighted by Crippen LogP contribution is 2.36. The highest BCUT2D eigenvalue weighted by Gasteiger charge is 2.37. The first kappa shape index (κ1) is 11.1. The van der Waals surface area contributed by atoms with E-state index in [2.05, 4.69) is 5.32 Å². The zero-order valence-electron chi connectivity index (χ0n) is 9.80. The number of carbonyl (C=O) groups is 2. The Balaban J connectivity index is 1.88. The zero-order valence-corrected chi connectivity index (χ0v) is 9.80. The van der Waals surface area contributed by atoms with Crippen LogP contribution < -0.4 is 10.2 Å². The van der Waals surface area contributed by atoms with E-state index < -0.39 is 11.9 Å². The van der Waals surface area contributed by atoms with Crippen LogP contribution in [0.2, 0.25) is 0 Å². The summed E-state index contributed by atoms with van der Waals surface area (Å²) in [6.45, 7) is 0.216.